The van der Waals surface area contributed by atoms with E-state index in [-0.39, 0.29) is 21.8 Å². The number of pyridine rings is 1. The summed E-state index contributed by atoms with van der Waals surface area (Å²) in [7, 11) is 0. The van der Waals surface area contributed by atoms with Gasteiger partial charge in [-0.2, -0.15) is 5.10 Å². The van der Waals surface area contributed by atoms with Gasteiger partial charge in [-0.15, -0.1) is 0 Å². The summed E-state index contributed by atoms with van der Waals surface area (Å²) in [5.41, 5.74) is 1.97. The third-order valence-electron chi connectivity index (χ3n) is 6.25. The molecule has 4 rings (SSSR count). The number of ether oxygens (including phenoxy) is 1. The SMILES string of the molecule is CCN1CCC(n2cc(-c3cnc(NC(C)=O)c(OC(C)c4c(Cl)ccc(F)c4Cl)c3)cn2)CC1. The fraction of sp³-hybridized carbons (Fsp3) is 0.400. The minimum absolute atomic E-state index is 0.106. The molecule has 0 bridgehead atoms. The highest BCUT2D eigenvalue weighted by atomic mass is 35.5. The van der Waals surface area contributed by atoms with Gasteiger partial charge in [0.25, 0.3) is 0 Å². The zero-order chi connectivity index (χ0) is 25.1. The number of anilines is 1. The molecule has 0 saturated carbocycles. The molecule has 7 nitrogen and oxygen atoms in total. The lowest BCUT2D eigenvalue weighted by atomic mass is 10.1. The maximum absolute atomic E-state index is 14.1. The molecule has 3 aromatic rings. The molecule has 35 heavy (non-hydrogen) atoms. The second-order valence-corrected chi connectivity index (χ2v) is 9.43. The lowest BCUT2D eigenvalue weighted by Crippen LogP contribution is -2.34. The predicted octanol–water partition coefficient (Wildman–Crippen LogP) is 6.15. The van der Waals surface area contributed by atoms with Crippen LogP contribution in [-0.4, -0.2) is 45.2 Å². The average molecular weight is 520 g/mol. The molecule has 1 saturated heterocycles. The first-order valence-corrected chi connectivity index (χ1v) is 12.4. The Morgan fingerprint density at radius 3 is 2.69 bits per heavy atom. The normalized spacial score (nSPS) is 15.7. The number of amides is 1. The second-order valence-electron chi connectivity index (χ2n) is 8.64. The molecule has 1 unspecified atom stereocenters. The Hall–Kier alpha value is -2.68. The van der Waals surface area contributed by atoms with E-state index in [0.717, 1.165) is 43.6 Å². The van der Waals surface area contributed by atoms with Gasteiger partial charge in [0.2, 0.25) is 5.91 Å². The topological polar surface area (TPSA) is 72.3 Å². The Bertz CT molecular complexity index is 1210. The van der Waals surface area contributed by atoms with Crippen molar-refractivity contribution < 1.29 is 13.9 Å². The van der Waals surface area contributed by atoms with Crippen LogP contribution in [0, 0.1) is 5.82 Å². The van der Waals surface area contributed by atoms with E-state index in [4.69, 9.17) is 27.9 Å². The van der Waals surface area contributed by atoms with Gasteiger partial charge < -0.3 is 15.0 Å². The van der Waals surface area contributed by atoms with Crippen LogP contribution in [0.4, 0.5) is 10.2 Å². The second kappa shape index (κ2) is 10.9. The minimum Gasteiger partial charge on any atom is -0.482 e. The molecule has 1 fully saturated rings. The lowest BCUT2D eigenvalue weighted by Gasteiger charge is -2.31. The van der Waals surface area contributed by atoms with Gasteiger partial charge in [-0.25, -0.2) is 9.37 Å². The minimum atomic E-state index is -0.707. The van der Waals surface area contributed by atoms with Crippen molar-refractivity contribution in [1.29, 1.82) is 0 Å². The number of carbonyl (C=O) groups excluding carboxylic acids is 1. The number of rotatable bonds is 7. The van der Waals surface area contributed by atoms with Crippen molar-refractivity contribution >= 4 is 34.9 Å². The molecule has 1 amide bonds. The Morgan fingerprint density at radius 1 is 1.26 bits per heavy atom. The number of halogens is 3. The van der Waals surface area contributed by atoms with Crippen LogP contribution in [0.3, 0.4) is 0 Å². The average Bonchev–Trinajstić information content (AvgIpc) is 3.33. The fourth-order valence-corrected chi connectivity index (χ4v) is 4.98. The summed E-state index contributed by atoms with van der Waals surface area (Å²) in [6, 6.07) is 4.76. The standard InChI is InChI=1S/C25H28Cl2FN5O2/c1-4-32-9-7-19(8-10-32)33-14-18(13-30-33)17-11-22(25(29-12-17)31-16(3)34)35-15(2)23-20(26)5-6-21(28)24(23)27/h5-6,11-15,19H,4,7-10H2,1-3H3,(H,29,31,34). The molecule has 0 spiro atoms. The number of likely N-dealkylation sites (tertiary alicyclic amines) is 1. The van der Waals surface area contributed by atoms with Gasteiger partial charge in [-0.3, -0.25) is 9.48 Å². The van der Waals surface area contributed by atoms with E-state index in [1.54, 1.807) is 25.4 Å². The zero-order valence-corrected chi connectivity index (χ0v) is 21.4. The summed E-state index contributed by atoms with van der Waals surface area (Å²) in [5, 5.41) is 7.44. The van der Waals surface area contributed by atoms with E-state index in [1.165, 1.54) is 19.1 Å². The Balaban J connectivity index is 1.61. The van der Waals surface area contributed by atoms with Crippen LogP contribution >= 0.6 is 23.2 Å². The molecule has 10 heteroatoms. The van der Waals surface area contributed by atoms with Crippen molar-refractivity contribution in [1.82, 2.24) is 19.7 Å². The largest absolute Gasteiger partial charge is 0.482 e. The van der Waals surface area contributed by atoms with E-state index in [0.29, 0.717) is 17.4 Å². The van der Waals surface area contributed by atoms with E-state index in [9.17, 15) is 9.18 Å². The maximum Gasteiger partial charge on any atom is 0.222 e. The van der Waals surface area contributed by atoms with E-state index < -0.39 is 11.9 Å². The van der Waals surface area contributed by atoms with E-state index in [1.807, 2.05) is 10.9 Å². The molecular formula is C25H28Cl2FN5O2. The monoisotopic (exact) mass is 519 g/mol. The highest BCUT2D eigenvalue weighted by Gasteiger charge is 2.23. The van der Waals surface area contributed by atoms with Crippen molar-refractivity contribution in [3.63, 3.8) is 0 Å². The van der Waals surface area contributed by atoms with Gasteiger partial charge in [0.05, 0.1) is 17.3 Å². The van der Waals surface area contributed by atoms with Crippen molar-refractivity contribution in [2.45, 2.75) is 45.8 Å². The number of benzene rings is 1. The third kappa shape index (κ3) is 5.77. The fourth-order valence-electron chi connectivity index (χ4n) is 4.30. The van der Waals surface area contributed by atoms with Gasteiger partial charge >= 0.3 is 0 Å². The summed E-state index contributed by atoms with van der Waals surface area (Å²) in [6.45, 7) is 8.46. The summed E-state index contributed by atoms with van der Waals surface area (Å²) in [5.74, 6) is -0.329. The van der Waals surface area contributed by atoms with Crippen LogP contribution < -0.4 is 10.1 Å². The van der Waals surface area contributed by atoms with E-state index >= 15 is 0 Å². The molecule has 186 valence electrons. The molecule has 0 aliphatic carbocycles. The number of piperidine rings is 1. The van der Waals surface area contributed by atoms with Crippen molar-refractivity contribution in [2.75, 3.05) is 25.0 Å². The summed E-state index contributed by atoms with van der Waals surface area (Å²) < 4.78 is 22.2. The molecule has 3 heterocycles. The molecular weight excluding hydrogens is 492 g/mol. The zero-order valence-electron chi connectivity index (χ0n) is 19.9. The van der Waals surface area contributed by atoms with Gasteiger partial charge in [0.1, 0.15) is 11.9 Å². The first-order valence-electron chi connectivity index (χ1n) is 11.6. The molecule has 1 aliphatic heterocycles. The quantitative estimate of drug-likeness (QED) is 0.379. The Morgan fingerprint density at radius 2 is 2.00 bits per heavy atom. The van der Waals surface area contributed by atoms with E-state index in [2.05, 4.69) is 27.2 Å². The third-order valence-corrected chi connectivity index (χ3v) is 6.96. The number of nitrogens with one attached hydrogen (secondary N) is 1. The van der Waals surface area contributed by atoms with Crippen LogP contribution in [0.15, 0.2) is 36.8 Å². The van der Waals surface area contributed by atoms with Gasteiger partial charge in [0, 0.05) is 54.1 Å². The number of aromatic nitrogens is 3. The lowest BCUT2D eigenvalue weighted by molar-refractivity contribution is -0.114. The highest BCUT2D eigenvalue weighted by Crippen LogP contribution is 2.38. The Kier molecular flexibility index (Phi) is 7.94. The molecule has 2 aromatic heterocycles. The van der Waals surface area contributed by atoms with Gasteiger partial charge in [-0.1, -0.05) is 30.1 Å². The van der Waals surface area contributed by atoms with Crippen molar-refractivity contribution in [2.24, 2.45) is 0 Å². The van der Waals surface area contributed by atoms with Gasteiger partial charge in [0.15, 0.2) is 11.6 Å². The molecule has 0 radical (unpaired) electrons. The van der Waals surface area contributed by atoms with Crippen LogP contribution in [0.25, 0.3) is 11.1 Å². The number of hydrogen-bond donors (Lipinski definition) is 1. The predicted molar refractivity (Wildman–Crippen MR) is 136 cm³/mol. The number of nitrogens with zero attached hydrogens (tertiary/aromatic N) is 4. The maximum atomic E-state index is 14.1. The summed E-state index contributed by atoms with van der Waals surface area (Å²) >= 11 is 12.4. The Labute approximate surface area is 214 Å². The number of hydrogen-bond acceptors (Lipinski definition) is 5. The number of carbonyl (C=O) groups is 1. The smallest absolute Gasteiger partial charge is 0.222 e. The summed E-state index contributed by atoms with van der Waals surface area (Å²) in [6.07, 6.45) is 6.86. The van der Waals surface area contributed by atoms with Crippen molar-refractivity contribution in [3.8, 4) is 16.9 Å². The van der Waals surface area contributed by atoms with Crippen LogP contribution in [0.5, 0.6) is 5.75 Å². The summed E-state index contributed by atoms with van der Waals surface area (Å²) in [4.78, 5) is 18.6. The molecule has 1 atom stereocenters. The van der Waals surface area contributed by atoms with Gasteiger partial charge in [-0.05, 0) is 44.5 Å². The highest BCUT2D eigenvalue weighted by molar-refractivity contribution is 6.36. The first-order chi connectivity index (χ1) is 16.8. The molecule has 1 aliphatic rings. The first kappa shape index (κ1) is 25.4. The van der Waals surface area contributed by atoms with Crippen LogP contribution in [0.1, 0.15) is 51.3 Å². The van der Waals surface area contributed by atoms with Crippen LogP contribution in [0.2, 0.25) is 10.0 Å². The molecule has 1 N–H and O–H groups in total. The van der Waals surface area contributed by atoms with Crippen LogP contribution in [-0.2, 0) is 4.79 Å². The molecule has 1 aromatic carbocycles. The van der Waals surface area contributed by atoms with Crippen molar-refractivity contribution in [3.05, 3.63) is 58.2 Å².